The molecule has 1 atom stereocenters. The molecule has 2 aromatic carbocycles. The molecule has 1 aliphatic rings. The molecule has 0 bridgehead atoms. The molecule has 1 amide bonds. The molecule has 126 valence electrons. The van der Waals surface area contributed by atoms with Gasteiger partial charge in [-0.25, -0.2) is 4.39 Å². The highest BCUT2D eigenvalue weighted by molar-refractivity contribution is 6.30. The van der Waals surface area contributed by atoms with Crippen LogP contribution in [0.2, 0.25) is 5.02 Å². The van der Waals surface area contributed by atoms with Gasteiger partial charge in [0.2, 0.25) is 0 Å². The van der Waals surface area contributed by atoms with Gasteiger partial charge in [-0.05, 0) is 42.3 Å². The topological polar surface area (TPSA) is 52.6 Å². The summed E-state index contributed by atoms with van der Waals surface area (Å²) in [5, 5.41) is 12.2. The summed E-state index contributed by atoms with van der Waals surface area (Å²) in [5.41, 5.74) is 1.99. The first-order chi connectivity index (χ1) is 11.6. The Hall–Kier alpha value is -2.11. The predicted octanol–water partition coefficient (Wildman–Crippen LogP) is 2.98. The van der Waals surface area contributed by atoms with Crippen molar-refractivity contribution in [3.63, 3.8) is 0 Å². The highest BCUT2D eigenvalue weighted by atomic mass is 35.5. The van der Waals surface area contributed by atoms with Crippen molar-refractivity contribution in [3.05, 3.63) is 64.4 Å². The van der Waals surface area contributed by atoms with Gasteiger partial charge >= 0.3 is 0 Å². The number of aliphatic hydroxyl groups excluding tert-OH is 1. The van der Waals surface area contributed by atoms with Gasteiger partial charge in [0, 0.05) is 30.4 Å². The molecular weight excluding hydrogens is 331 g/mol. The van der Waals surface area contributed by atoms with Crippen LogP contribution in [0.1, 0.15) is 22.3 Å². The lowest BCUT2D eigenvalue weighted by Gasteiger charge is -2.19. The summed E-state index contributed by atoms with van der Waals surface area (Å²) in [6.07, 6.45) is 0.787. The van der Waals surface area contributed by atoms with E-state index >= 15 is 0 Å². The van der Waals surface area contributed by atoms with E-state index in [2.05, 4.69) is 5.32 Å². The van der Waals surface area contributed by atoms with Crippen molar-refractivity contribution in [2.24, 2.45) is 0 Å². The fourth-order valence-corrected chi connectivity index (χ4v) is 2.99. The van der Waals surface area contributed by atoms with E-state index in [1.807, 2.05) is 4.90 Å². The van der Waals surface area contributed by atoms with Gasteiger partial charge in [0.05, 0.1) is 11.6 Å². The van der Waals surface area contributed by atoms with Crippen LogP contribution in [-0.2, 0) is 6.61 Å². The maximum atomic E-state index is 13.6. The molecule has 0 radical (unpaired) electrons. The lowest BCUT2D eigenvalue weighted by atomic mass is 10.1. The summed E-state index contributed by atoms with van der Waals surface area (Å²) in [5.74, 6) is -0.609. The van der Waals surface area contributed by atoms with Gasteiger partial charge in [-0.2, -0.15) is 0 Å². The molecule has 0 aliphatic carbocycles. The number of nitrogens with one attached hydrogen (secondary N) is 1. The molecule has 1 heterocycles. The average Bonchev–Trinajstić information content (AvgIpc) is 3.06. The Kier molecular flexibility index (Phi) is 5.02. The average molecular weight is 349 g/mol. The first-order valence-corrected chi connectivity index (χ1v) is 8.15. The summed E-state index contributed by atoms with van der Waals surface area (Å²) >= 11 is 5.71. The van der Waals surface area contributed by atoms with Gasteiger partial charge in [-0.1, -0.05) is 23.7 Å². The number of hydrogen-bond donors (Lipinski definition) is 2. The highest BCUT2D eigenvalue weighted by Gasteiger charge is 2.25. The maximum Gasteiger partial charge on any atom is 0.251 e. The molecule has 0 saturated carbocycles. The Morgan fingerprint density at radius 3 is 2.92 bits per heavy atom. The SMILES string of the molecule is O=C(N[C@@H]1CCN(c2ccc(Cl)c(F)c2)C1)c1cccc(CO)c1. The summed E-state index contributed by atoms with van der Waals surface area (Å²) in [6, 6.07) is 11.6. The Bertz CT molecular complexity index is 754. The maximum absolute atomic E-state index is 13.6. The number of halogens is 2. The highest BCUT2D eigenvalue weighted by Crippen LogP contribution is 2.25. The van der Waals surface area contributed by atoms with Crippen LogP contribution in [0.4, 0.5) is 10.1 Å². The summed E-state index contributed by atoms with van der Waals surface area (Å²) in [7, 11) is 0. The number of nitrogens with zero attached hydrogens (tertiary/aromatic N) is 1. The van der Waals surface area contributed by atoms with Gasteiger partial charge < -0.3 is 15.3 Å². The first kappa shape index (κ1) is 16.7. The number of amides is 1. The normalized spacial score (nSPS) is 17.1. The summed E-state index contributed by atoms with van der Waals surface area (Å²) in [4.78, 5) is 14.3. The molecule has 0 unspecified atom stereocenters. The van der Waals surface area contributed by atoms with Crippen LogP contribution in [0.15, 0.2) is 42.5 Å². The molecule has 24 heavy (non-hydrogen) atoms. The van der Waals surface area contributed by atoms with E-state index in [-0.39, 0.29) is 23.6 Å². The van der Waals surface area contributed by atoms with Crippen LogP contribution in [0.5, 0.6) is 0 Å². The van der Waals surface area contributed by atoms with E-state index in [1.54, 1.807) is 36.4 Å². The quantitative estimate of drug-likeness (QED) is 0.893. The van der Waals surface area contributed by atoms with E-state index in [9.17, 15) is 9.18 Å². The zero-order chi connectivity index (χ0) is 17.1. The van der Waals surface area contributed by atoms with Crippen LogP contribution in [0.3, 0.4) is 0 Å². The molecule has 1 aliphatic heterocycles. The minimum absolute atomic E-state index is 0.00554. The van der Waals surface area contributed by atoms with Crippen molar-refractivity contribution in [2.75, 3.05) is 18.0 Å². The molecule has 3 rings (SSSR count). The van der Waals surface area contributed by atoms with Crippen LogP contribution < -0.4 is 10.2 Å². The minimum Gasteiger partial charge on any atom is -0.392 e. The molecule has 2 N–H and O–H groups in total. The van der Waals surface area contributed by atoms with Crippen LogP contribution >= 0.6 is 11.6 Å². The monoisotopic (exact) mass is 348 g/mol. The number of carbonyl (C=O) groups is 1. The third kappa shape index (κ3) is 3.68. The van der Waals surface area contributed by atoms with E-state index < -0.39 is 5.82 Å². The lowest BCUT2D eigenvalue weighted by molar-refractivity contribution is 0.0940. The van der Waals surface area contributed by atoms with E-state index in [0.717, 1.165) is 18.7 Å². The van der Waals surface area contributed by atoms with Gasteiger partial charge in [0.25, 0.3) is 5.91 Å². The zero-order valence-corrected chi connectivity index (χ0v) is 13.8. The van der Waals surface area contributed by atoms with Crippen molar-refractivity contribution in [3.8, 4) is 0 Å². The Morgan fingerprint density at radius 2 is 2.17 bits per heavy atom. The fraction of sp³-hybridized carbons (Fsp3) is 0.278. The second-order valence-electron chi connectivity index (χ2n) is 5.86. The number of hydrogen-bond acceptors (Lipinski definition) is 3. The van der Waals surface area contributed by atoms with Crippen LogP contribution in [0.25, 0.3) is 0 Å². The smallest absolute Gasteiger partial charge is 0.251 e. The van der Waals surface area contributed by atoms with Crippen molar-refractivity contribution in [2.45, 2.75) is 19.1 Å². The molecule has 1 fully saturated rings. The molecule has 6 heteroatoms. The van der Waals surface area contributed by atoms with E-state index in [0.29, 0.717) is 17.7 Å². The number of anilines is 1. The van der Waals surface area contributed by atoms with Crippen LogP contribution in [0, 0.1) is 5.82 Å². The molecule has 4 nitrogen and oxygen atoms in total. The molecule has 0 spiro atoms. The van der Waals surface area contributed by atoms with Crippen molar-refractivity contribution < 1.29 is 14.3 Å². The third-order valence-corrected chi connectivity index (χ3v) is 4.47. The van der Waals surface area contributed by atoms with Gasteiger partial charge in [0.1, 0.15) is 5.82 Å². The van der Waals surface area contributed by atoms with Gasteiger partial charge in [0.15, 0.2) is 0 Å². The first-order valence-electron chi connectivity index (χ1n) is 7.77. The molecular formula is C18H18ClFN2O2. The summed E-state index contributed by atoms with van der Waals surface area (Å²) < 4.78 is 13.6. The van der Waals surface area contributed by atoms with Gasteiger partial charge in [-0.3, -0.25) is 4.79 Å². The summed E-state index contributed by atoms with van der Waals surface area (Å²) in [6.45, 7) is 1.26. The standard InChI is InChI=1S/C18H18ClFN2O2/c19-16-5-4-15(9-17(16)20)22-7-6-14(10-22)21-18(24)13-3-1-2-12(8-13)11-23/h1-5,8-9,14,23H,6-7,10-11H2,(H,21,24)/t14-/m1/s1. The second kappa shape index (κ2) is 7.20. The Morgan fingerprint density at radius 1 is 1.33 bits per heavy atom. The fourth-order valence-electron chi connectivity index (χ4n) is 2.87. The van der Waals surface area contributed by atoms with E-state index in [1.165, 1.54) is 6.07 Å². The van der Waals surface area contributed by atoms with Gasteiger partial charge in [-0.15, -0.1) is 0 Å². The predicted molar refractivity (Wildman–Crippen MR) is 91.9 cm³/mol. The van der Waals surface area contributed by atoms with Crippen LogP contribution in [-0.4, -0.2) is 30.1 Å². The lowest BCUT2D eigenvalue weighted by Crippen LogP contribution is -2.37. The molecule has 1 saturated heterocycles. The minimum atomic E-state index is -0.442. The zero-order valence-electron chi connectivity index (χ0n) is 13.0. The third-order valence-electron chi connectivity index (χ3n) is 4.16. The number of carbonyl (C=O) groups excluding carboxylic acids is 1. The molecule has 0 aromatic heterocycles. The van der Waals surface area contributed by atoms with Crippen molar-refractivity contribution in [1.29, 1.82) is 0 Å². The second-order valence-corrected chi connectivity index (χ2v) is 6.27. The largest absolute Gasteiger partial charge is 0.392 e. The van der Waals surface area contributed by atoms with Crippen molar-refractivity contribution >= 4 is 23.2 Å². The number of benzene rings is 2. The molecule has 2 aromatic rings. The number of aliphatic hydroxyl groups is 1. The Labute approximate surface area is 144 Å². The van der Waals surface area contributed by atoms with Crippen molar-refractivity contribution in [1.82, 2.24) is 5.32 Å². The van der Waals surface area contributed by atoms with E-state index in [4.69, 9.17) is 16.7 Å². The number of rotatable bonds is 4. The Balaban J connectivity index is 1.63.